The number of halogens is 3. The fourth-order valence-electron chi connectivity index (χ4n) is 1.72. The van der Waals surface area contributed by atoms with E-state index in [1.807, 2.05) is 11.8 Å². The summed E-state index contributed by atoms with van der Waals surface area (Å²) in [4.78, 5) is -0.0259. The van der Waals surface area contributed by atoms with Gasteiger partial charge in [0, 0.05) is 6.54 Å². The lowest BCUT2D eigenvalue weighted by molar-refractivity contribution is -0.132. The van der Waals surface area contributed by atoms with Crippen LogP contribution in [-0.2, 0) is 16.4 Å². The minimum atomic E-state index is -4.38. The van der Waals surface area contributed by atoms with Crippen LogP contribution in [0.2, 0.25) is 0 Å². The number of alkyl halides is 3. The number of sulfonamides is 1. The molecule has 1 aromatic rings. The Kier molecular flexibility index (Phi) is 6.63. The van der Waals surface area contributed by atoms with E-state index in [2.05, 4.69) is 5.32 Å². The minimum Gasteiger partial charge on any atom is -0.320 e. The number of hydrogen-bond donors (Lipinski definition) is 2. The molecule has 120 valence electrons. The van der Waals surface area contributed by atoms with E-state index in [-0.39, 0.29) is 4.90 Å². The van der Waals surface area contributed by atoms with Crippen molar-refractivity contribution in [1.29, 1.82) is 0 Å². The van der Waals surface area contributed by atoms with Gasteiger partial charge in [0.15, 0.2) is 0 Å². The number of rotatable bonds is 8. The number of nitrogens with one attached hydrogen (secondary N) is 2. The molecule has 1 rings (SSSR count). The molecule has 0 spiro atoms. The average molecular weight is 324 g/mol. The monoisotopic (exact) mass is 324 g/mol. The second-order valence-electron chi connectivity index (χ2n) is 4.61. The Hall–Kier alpha value is -1.12. The van der Waals surface area contributed by atoms with Crippen LogP contribution in [0.4, 0.5) is 13.2 Å². The molecule has 21 heavy (non-hydrogen) atoms. The second kappa shape index (κ2) is 7.77. The third kappa shape index (κ3) is 6.92. The maximum Gasteiger partial charge on any atom is 0.390 e. The fraction of sp³-hybridized carbons (Fsp3) is 0.538. The Bertz CT molecular complexity index is 527. The largest absolute Gasteiger partial charge is 0.390 e. The van der Waals surface area contributed by atoms with Gasteiger partial charge in [0.1, 0.15) is 0 Å². The van der Waals surface area contributed by atoms with Gasteiger partial charge in [-0.2, -0.15) is 13.2 Å². The van der Waals surface area contributed by atoms with Crippen LogP contribution >= 0.6 is 0 Å². The van der Waals surface area contributed by atoms with Gasteiger partial charge in [-0.25, -0.2) is 13.1 Å². The van der Waals surface area contributed by atoms with E-state index in [1.165, 1.54) is 12.1 Å². The van der Waals surface area contributed by atoms with Gasteiger partial charge in [-0.15, -0.1) is 0 Å². The Balaban J connectivity index is 2.59. The van der Waals surface area contributed by atoms with Crippen LogP contribution in [0.1, 0.15) is 18.4 Å². The van der Waals surface area contributed by atoms with Crippen LogP contribution in [-0.4, -0.2) is 34.7 Å². The summed E-state index contributed by atoms with van der Waals surface area (Å²) in [6, 6.07) is 6.16. The molecule has 1 aromatic carbocycles. The first kappa shape index (κ1) is 17.9. The van der Waals surface area contributed by atoms with Crippen LogP contribution in [0.25, 0.3) is 0 Å². The van der Waals surface area contributed by atoms with Gasteiger partial charge in [-0.1, -0.05) is 12.1 Å². The molecule has 0 bridgehead atoms. The Morgan fingerprint density at radius 1 is 1.10 bits per heavy atom. The molecule has 0 unspecified atom stereocenters. The van der Waals surface area contributed by atoms with Crippen molar-refractivity contribution in [2.45, 2.75) is 30.3 Å². The van der Waals surface area contributed by atoms with Crippen molar-refractivity contribution >= 4 is 10.0 Å². The summed E-state index contributed by atoms with van der Waals surface area (Å²) in [5.41, 5.74) is 0.986. The van der Waals surface area contributed by atoms with Crippen molar-refractivity contribution in [3.05, 3.63) is 29.8 Å². The van der Waals surface area contributed by atoms with Gasteiger partial charge in [-0.05, 0) is 44.1 Å². The lowest BCUT2D eigenvalue weighted by Crippen LogP contribution is -2.28. The molecule has 0 atom stereocenters. The molecular formula is C13H19F3N2O2S. The molecule has 0 aliphatic heterocycles. The van der Waals surface area contributed by atoms with Gasteiger partial charge in [-0.3, -0.25) is 0 Å². The highest BCUT2D eigenvalue weighted by Crippen LogP contribution is 2.19. The van der Waals surface area contributed by atoms with E-state index in [1.54, 1.807) is 12.1 Å². The van der Waals surface area contributed by atoms with Gasteiger partial charge in [0.05, 0.1) is 11.3 Å². The first-order chi connectivity index (χ1) is 9.74. The highest BCUT2D eigenvalue weighted by atomic mass is 32.2. The van der Waals surface area contributed by atoms with Crippen molar-refractivity contribution < 1.29 is 21.6 Å². The van der Waals surface area contributed by atoms with Gasteiger partial charge in [0.2, 0.25) is 10.0 Å². The first-order valence-electron chi connectivity index (χ1n) is 6.54. The highest BCUT2D eigenvalue weighted by Gasteiger charge is 2.27. The van der Waals surface area contributed by atoms with Crippen LogP contribution in [0.5, 0.6) is 0 Å². The maximum atomic E-state index is 12.0. The lowest BCUT2D eigenvalue weighted by atomic mass is 10.1. The van der Waals surface area contributed by atoms with E-state index < -0.39 is 29.2 Å². The summed E-state index contributed by atoms with van der Waals surface area (Å²) in [5.74, 6) is 0. The predicted molar refractivity (Wildman–Crippen MR) is 74.6 cm³/mol. The number of benzene rings is 1. The molecule has 0 saturated heterocycles. The van der Waals surface area contributed by atoms with E-state index in [0.29, 0.717) is 0 Å². The van der Waals surface area contributed by atoms with Crippen molar-refractivity contribution in [3.63, 3.8) is 0 Å². The van der Waals surface area contributed by atoms with Gasteiger partial charge in [0.25, 0.3) is 0 Å². The molecule has 4 nitrogen and oxygen atoms in total. The van der Waals surface area contributed by atoms with Crippen LogP contribution < -0.4 is 10.0 Å². The van der Waals surface area contributed by atoms with E-state index >= 15 is 0 Å². The molecular weight excluding hydrogens is 305 g/mol. The molecule has 0 aromatic heterocycles. The van der Waals surface area contributed by atoms with Gasteiger partial charge < -0.3 is 5.32 Å². The molecule has 2 N–H and O–H groups in total. The molecule has 0 amide bonds. The summed E-state index contributed by atoms with van der Waals surface area (Å²) in [6.45, 7) is 0.203. The summed E-state index contributed by atoms with van der Waals surface area (Å²) in [6.07, 6.45) is -3.83. The van der Waals surface area contributed by atoms with E-state index in [9.17, 15) is 21.6 Å². The van der Waals surface area contributed by atoms with Crippen LogP contribution in [0.15, 0.2) is 29.2 Å². The lowest BCUT2D eigenvalue weighted by Gasteiger charge is -2.09. The molecule has 0 radical (unpaired) electrons. The number of hydrogen-bond acceptors (Lipinski definition) is 3. The van der Waals surface area contributed by atoms with Crippen LogP contribution in [0.3, 0.4) is 0 Å². The van der Waals surface area contributed by atoms with E-state index in [4.69, 9.17) is 0 Å². The standard InChI is InChI=1S/C13H19F3N2O2S/c1-17-9-2-3-11-4-6-12(7-5-11)21(19,20)18-10-8-13(14,15)16/h4-7,17-18H,2-3,8-10H2,1H3. The van der Waals surface area contributed by atoms with Crippen molar-refractivity contribution in [2.24, 2.45) is 0 Å². The van der Waals surface area contributed by atoms with Crippen molar-refractivity contribution in [1.82, 2.24) is 10.0 Å². The molecule has 0 aliphatic carbocycles. The molecule has 8 heteroatoms. The fourth-order valence-corrected chi connectivity index (χ4v) is 2.75. The Morgan fingerprint density at radius 3 is 2.24 bits per heavy atom. The highest BCUT2D eigenvalue weighted by molar-refractivity contribution is 7.89. The zero-order valence-corrected chi connectivity index (χ0v) is 12.5. The van der Waals surface area contributed by atoms with Gasteiger partial charge >= 0.3 is 6.18 Å². The third-order valence-electron chi connectivity index (χ3n) is 2.83. The number of aryl methyl sites for hydroxylation is 1. The second-order valence-corrected chi connectivity index (χ2v) is 6.38. The molecule has 0 aliphatic rings. The zero-order chi connectivity index (χ0) is 15.9. The predicted octanol–water partition coefficient (Wildman–Crippen LogP) is 2.07. The molecule has 0 saturated carbocycles. The average Bonchev–Trinajstić information content (AvgIpc) is 2.38. The van der Waals surface area contributed by atoms with Crippen molar-refractivity contribution in [2.75, 3.05) is 20.1 Å². The molecule has 0 heterocycles. The first-order valence-corrected chi connectivity index (χ1v) is 8.03. The topological polar surface area (TPSA) is 58.2 Å². The Labute approximate surface area is 122 Å². The van der Waals surface area contributed by atoms with Crippen molar-refractivity contribution in [3.8, 4) is 0 Å². The van der Waals surface area contributed by atoms with E-state index in [0.717, 1.165) is 24.9 Å². The summed E-state index contributed by atoms with van der Waals surface area (Å²) in [7, 11) is -2.04. The Morgan fingerprint density at radius 2 is 1.71 bits per heavy atom. The molecule has 0 fully saturated rings. The smallest absolute Gasteiger partial charge is 0.320 e. The zero-order valence-electron chi connectivity index (χ0n) is 11.7. The maximum absolute atomic E-state index is 12.0. The van der Waals surface area contributed by atoms with Crippen LogP contribution in [0, 0.1) is 0 Å². The minimum absolute atomic E-state index is 0.0259. The normalized spacial score (nSPS) is 12.6. The SMILES string of the molecule is CNCCCc1ccc(S(=O)(=O)NCCC(F)(F)F)cc1. The summed E-state index contributed by atoms with van der Waals surface area (Å²) in [5, 5.41) is 3.01. The third-order valence-corrected chi connectivity index (χ3v) is 4.30. The quantitative estimate of drug-likeness (QED) is 0.720. The summed E-state index contributed by atoms with van der Waals surface area (Å²) >= 11 is 0. The summed E-state index contributed by atoms with van der Waals surface area (Å²) < 4.78 is 61.5.